The average molecular weight is 298 g/mol. The van der Waals surface area contributed by atoms with E-state index < -0.39 is 0 Å². The molecule has 0 saturated carbocycles. The van der Waals surface area contributed by atoms with E-state index in [0.29, 0.717) is 0 Å². The van der Waals surface area contributed by atoms with Crippen LogP contribution in [0.2, 0.25) is 0 Å². The molecule has 0 aliphatic heterocycles. The van der Waals surface area contributed by atoms with Gasteiger partial charge < -0.3 is 10.1 Å². The van der Waals surface area contributed by atoms with Gasteiger partial charge in [-0.1, -0.05) is 34.5 Å². The maximum Gasteiger partial charge on any atom is 0.119 e. The molecule has 0 bridgehead atoms. The number of hydrogen-bond donors (Lipinski definition) is 1. The third-order valence-electron chi connectivity index (χ3n) is 2.46. The second-order valence-corrected chi connectivity index (χ2v) is 5.02. The summed E-state index contributed by atoms with van der Waals surface area (Å²) in [5.41, 5.74) is 2.50. The normalized spacial score (nSPS) is 12.1. The van der Waals surface area contributed by atoms with E-state index in [9.17, 15) is 0 Å². The Morgan fingerprint density at radius 1 is 1.47 bits per heavy atom. The summed E-state index contributed by atoms with van der Waals surface area (Å²) in [4.78, 5) is 0. The molecule has 0 saturated heterocycles. The Hall–Kier alpha value is -0.800. The van der Waals surface area contributed by atoms with Crippen molar-refractivity contribution in [3.63, 3.8) is 0 Å². The number of methoxy groups -OCH3 is 1. The van der Waals surface area contributed by atoms with Gasteiger partial charge in [0.1, 0.15) is 5.75 Å². The van der Waals surface area contributed by atoms with Crippen molar-refractivity contribution >= 4 is 15.9 Å². The van der Waals surface area contributed by atoms with Gasteiger partial charge in [-0.25, -0.2) is 0 Å². The third-order valence-corrected chi connectivity index (χ3v) is 3.18. The Bertz CT molecular complexity index is 397. The fourth-order valence-corrected chi connectivity index (χ4v) is 2.19. The molecule has 17 heavy (non-hydrogen) atoms. The van der Waals surface area contributed by atoms with Gasteiger partial charge in [-0.3, -0.25) is 0 Å². The number of allylic oxidation sites excluding steroid dienone is 1. The molecule has 1 aromatic carbocycles. The van der Waals surface area contributed by atoms with Crippen molar-refractivity contribution in [3.05, 3.63) is 39.9 Å². The zero-order chi connectivity index (χ0) is 12.8. The lowest BCUT2D eigenvalue weighted by molar-refractivity contribution is 0.413. The number of ether oxygens (including phenoxy) is 1. The van der Waals surface area contributed by atoms with Crippen LogP contribution in [0.25, 0.3) is 0 Å². The minimum atomic E-state index is 0.217. The Morgan fingerprint density at radius 3 is 2.71 bits per heavy atom. The van der Waals surface area contributed by atoms with Crippen molar-refractivity contribution in [1.82, 2.24) is 5.32 Å². The molecule has 0 fully saturated rings. The van der Waals surface area contributed by atoms with Crippen molar-refractivity contribution in [2.45, 2.75) is 26.8 Å². The van der Waals surface area contributed by atoms with Crippen molar-refractivity contribution in [3.8, 4) is 5.75 Å². The number of rotatable bonds is 5. The lowest BCUT2D eigenvalue weighted by Crippen LogP contribution is -2.19. The molecule has 0 radical (unpaired) electrons. The molecule has 1 aromatic rings. The van der Waals surface area contributed by atoms with Crippen LogP contribution < -0.4 is 10.1 Å². The first-order chi connectivity index (χ1) is 8.08. The standard InChI is InChI=1S/C14H20BrNO/c1-5-16-14(8-10(2)3)12-9-11(17-4)6-7-13(12)15/h6-9,14,16H,5H2,1-4H3. The second kappa shape index (κ2) is 6.82. The minimum Gasteiger partial charge on any atom is -0.497 e. The number of nitrogens with one attached hydrogen (secondary N) is 1. The van der Waals surface area contributed by atoms with Crippen molar-refractivity contribution in [2.24, 2.45) is 0 Å². The highest BCUT2D eigenvalue weighted by Gasteiger charge is 2.12. The largest absolute Gasteiger partial charge is 0.497 e. The van der Waals surface area contributed by atoms with Gasteiger partial charge >= 0.3 is 0 Å². The lowest BCUT2D eigenvalue weighted by Gasteiger charge is -2.17. The van der Waals surface area contributed by atoms with Crippen molar-refractivity contribution < 1.29 is 4.74 Å². The van der Waals surface area contributed by atoms with Gasteiger partial charge in [0.05, 0.1) is 13.2 Å². The van der Waals surface area contributed by atoms with Gasteiger partial charge in [0.15, 0.2) is 0 Å². The van der Waals surface area contributed by atoms with Crippen LogP contribution in [-0.4, -0.2) is 13.7 Å². The molecule has 2 nitrogen and oxygen atoms in total. The number of likely N-dealkylation sites (N-methyl/N-ethyl adjacent to an activating group) is 1. The number of benzene rings is 1. The van der Waals surface area contributed by atoms with Crippen LogP contribution in [0.5, 0.6) is 5.75 Å². The van der Waals surface area contributed by atoms with Crippen LogP contribution in [0.1, 0.15) is 32.4 Å². The predicted molar refractivity (Wildman–Crippen MR) is 76.5 cm³/mol. The lowest BCUT2D eigenvalue weighted by atomic mass is 10.0. The summed E-state index contributed by atoms with van der Waals surface area (Å²) in [7, 11) is 1.69. The summed E-state index contributed by atoms with van der Waals surface area (Å²) in [6.07, 6.45) is 2.23. The fraction of sp³-hybridized carbons (Fsp3) is 0.429. The Morgan fingerprint density at radius 2 is 2.18 bits per heavy atom. The van der Waals surface area contributed by atoms with E-state index in [4.69, 9.17) is 4.74 Å². The molecular formula is C14H20BrNO. The van der Waals surface area contributed by atoms with Crippen LogP contribution in [0.3, 0.4) is 0 Å². The maximum atomic E-state index is 5.27. The smallest absolute Gasteiger partial charge is 0.119 e. The summed E-state index contributed by atoms with van der Waals surface area (Å²) in [6.45, 7) is 7.26. The fourth-order valence-electron chi connectivity index (χ4n) is 1.70. The molecule has 0 heterocycles. The molecule has 1 atom stereocenters. The Balaban J connectivity index is 3.12. The van der Waals surface area contributed by atoms with E-state index >= 15 is 0 Å². The number of halogens is 1. The van der Waals surface area contributed by atoms with E-state index in [1.165, 1.54) is 11.1 Å². The highest BCUT2D eigenvalue weighted by Crippen LogP contribution is 2.29. The van der Waals surface area contributed by atoms with Gasteiger partial charge in [0.2, 0.25) is 0 Å². The summed E-state index contributed by atoms with van der Waals surface area (Å²) in [5.74, 6) is 0.883. The van der Waals surface area contributed by atoms with Gasteiger partial charge in [0.25, 0.3) is 0 Å². The van der Waals surface area contributed by atoms with Gasteiger partial charge in [0, 0.05) is 4.47 Å². The highest BCUT2D eigenvalue weighted by atomic mass is 79.9. The predicted octanol–water partition coefficient (Wildman–Crippen LogP) is 4.07. The van der Waals surface area contributed by atoms with Gasteiger partial charge in [-0.05, 0) is 44.2 Å². The van der Waals surface area contributed by atoms with Gasteiger partial charge in [-0.2, -0.15) is 0 Å². The molecule has 1 unspecified atom stereocenters. The van der Waals surface area contributed by atoms with Gasteiger partial charge in [-0.15, -0.1) is 0 Å². The molecule has 0 aliphatic rings. The maximum absolute atomic E-state index is 5.27. The number of hydrogen-bond acceptors (Lipinski definition) is 2. The van der Waals surface area contributed by atoms with E-state index in [2.05, 4.69) is 54.2 Å². The zero-order valence-corrected chi connectivity index (χ0v) is 12.5. The van der Waals surface area contributed by atoms with Crippen LogP contribution in [0, 0.1) is 0 Å². The van der Waals surface area contributed by atoms with Crippen LogP contribution in [-0.2, 0) is 0 Å². The Labute approximate surface area is 112 Å². The summed E-state index contributed by atoms with van der Waals surface area (Å²) in [5, 5.41) is 3.46. The second-order valence-electron chi connectivity index (χ2n) is 4.17. The SMILES string of the molecule is CCNC(C=C(C)C)c1cc(OC)ccc1Br. The first-order valence-corrected chi connectivity index (χ1v) is 6.59. The molecule has 0 amide bonds. The molecule has 0 spiro atoms. The highest BCUT2D eigenvalue weighted by molar-refractivity contribution is 9.10. The van der Waals surface area contributed by atoms with Crippen LogP contribution >= 0.6 is 15.9 Å². The van der Waals surface area contributed by atoms with E-state index in [-0.39, 0.29) is 6.04 Å². The molecule has 1 rings (SSSR count). The summed E-state index contributed by atoms with van der Waals surface area (Å²) in [6, 6.07) is 6.27. The molecular weight excluding hydrogens is 278 g/mol. The quantitative estimate of drug-likeness (QED) is 0.827. The summed E-state index contributed by atoms with van der Waals surface area (Å²) >= 11 is 3.60. The molecule has 1 N–H and O–H groups in total. The van der Waals surface area contributed by atoms with E-state index in [1.807, 2.05) is 12.1 Å². The Kier molecular flexibility index (Phi) is 5.72. The van der Waals surface area contributed by atoms with E-state index in [1.54, 1.807) is 7.11 Å². The third kappa shape index (κ3) is 4.17. The minimum absolute atomic E-state index is 0.217. The first-order valence-electron chi connectivity index (χ1n) is 5.80. The van der Waals surface area contributed by atoms with Crippen molar-refractivity contribution in [1.29, 1.82) is 0 Å². The monoisotopic (exact) mass is 297 g/mol. The van der Waals surface area contributed by atoms with Crippen molar-refractivity contribution in [2.75, 3.05) is 13.7 Å². The molecule has 3 heteroatoms. The first kappa shape index (κ1) is 14.3. The molecule has 0 aliphatic carbocycles. The van der Waals surface area contributed by atoms with Crippen LogP contribution in [0.4, 0.5) is 0 Å². The summed E-state index contributed by atoms with van der Waals surface area (Å²) < 4.78 is 6.37. The molecule has 0 aromatic heterocycles. The van der Waals surface area contributed by atoms with E-state index in [0.717, 1.165) is 16.8 Å². The topological polar surface area (TPSA) is 21.3 Å². The average Bonchev–Trinajstić information content (AvgIpc) is 2.28. The zero-order valence-electron chi connectivity index (χ0n) is 10.9. The molecule has 94 valence electrons. The van der Waals surface area contributed by atoms with Crippen LogP contribution in [0.15, 0.2) is 34.3 Å².